The zero-order chi connectivity index (χ0) is 21.0. The molecule has 0 spiro atoms. The Morgan fingerprint density at radius 1 is 1.03 bits per heavy atom. The van der Waals surface area contributed by atoms with Gasteiger partial charge in [0, 0.05) is 49.5 Å². The Morgan fingerprint density at radius 2 is 1.72 bits per heavy atom. The van der Waals surface area contributed by atoms with E-state index >= 15 is 0 Å². The fourth-order valence-electron chi connectivity index (χ4n) is 3.33. The average molecular weight is 418 g/mol. The number of hydrogen-bond donors (Lipinski definition) is 1. The molecule has 2 aromatic carbocycles. The van der Waals surface area contributed by atoms with Gasteiger partial charge in [0.15, 0.2) is 0 Å². The summed E-state index contributed by atoms with van der Waals surface area (Å²) in [6.07, 6.45) is 0. The standard InChI is InChI=1S/C21H27N3O4S/c1-16(2)22-29(26,27)20-9-4-6-17(14-20)21(25)24-12-10-23(11-13-24)18-7-5-8-19(15-18)28-3/h4-9,14-16,22H,10-13H2,1-3H3. The molecule has 0 aromatic heterocycles. The smallest absolute Gasteiger partial charge is 0.254 e. The Balaban J connectivity index is 1.69. The van der Waals surface area contributed by atoms with E-state index in [1.54, 1.807) is 38.0 Å². The number of carbonyl (C=O) groups excluding carboxylic acids is 1. The Labute approximate surface area is 172 Å². The van der Waals surface area contributed by atoms with E-state index in [0.717, 1.165) is 11.4 Å². The average Bonchev–Trinajstić information content (AvgIpc) is 2.72. The molecule has 1 heterocycles. The first kappa shape index (κ1) is 21.1. The predicted molar refractivity (Wildman–Crippen MR) is 113 cm³/mol. The first-order valence-electron chi connectivity index (χ1n) is 9.61. The van der Waals surface area contributed by atoms with E-state index in [-0.39, 0.29) is 16.8 Å². The number of amides is 1. The van der Waals surface area contributed by atoms with Crippen LogP contribution < -0.4 is 14.4 Å². The molecule has 0 saturated carbocycles. The Morgan fingerprint density at radius 3 is 2.38 bits per heavy atom. The zero-order valence-electron chi connectivity index (χ0n) is 17.0. The third kappa shape index (κ3) is 5.07. The van der Waals surface area contributed by atoms with Gasteiger partial charge in [0.25, 0.3) is 5.91 Å². The minimum atomic E-state index is -3.64. The zero-order valence-corrected chi connectivity index (χ0v) is 17.8. The molecule has 0 bridgehead atoms. The SMILES string of the molecule is COc1cccc(N2CCN(C(=O)c3cccc(S(=O)(=O)NC(C)C)c3)CC2)c1. The van der Waals surface area contributed by atoms with Crippen molar-refractivity contribution in [2.75, 3.05) is 38.2 Å². The molecule has 7 nitrogen and oxygen atoms in total. The third-order valence-electron chi connectivity index (χ3n) is 4.77. The molecule has 0 aliphatic carbocycles. The number of sulfonamides is 1. The van der Waals surface area contributed by atoms with Crippen molar-refractivity contribution in [2.45, 2.75) is 24.8 Å². The van der Waals surface area contributed by atoms with Crippen LogP contribution in [0, 0.1) is 0 Å². The van der Waals surface area contributed by atoms with E-state index in [2.05, 4.69) is 9.62 Å². The summed E-state index contributed by atoms with van der Waals surface area (Å²) in [5, 5.41) is 0. The number of carbonyl (C=O) groups is 1. The van der Waals surface area contributed by atoms with Crippen molar-refractivity contribution in [2.24, 2.45) is 0 Å². The van der Waals surface area contributed by atoms with Gasteiger partial charge in [-0.05, 0) is 44.2 Å². The lowest BCUT2D eigenvalue weighted by molar-refractivity contribution is 0.0746. The summed E-state index contributed by atoms with van der Waals surface area (Å²) in [5.41, 5.74) is 1.44. The lowest BCUT2D eigenvalue weighted by atomic mass is 10.1. The summed E-state index contributed by atoms with van der Waals surface area (Å²) >= 11 is 0. The molecular weight excluding hydrogens is 390 g/mol. The van der Waals surface area contributed by atoms with Gasteiger partial charge in [-0.2, -0.15) is 0 Å². The van der Waals surface area contributed by atoms with Crippen molar-refractivity contribution in [1.82, 2.24) is 9.62 Å². The van der Waals surface area contributed by atoms with Crippen LogP contribution in [0.2, 0.25) is 0 Å². The van der Waals surface area contributed by atoms with Gasteiger partial charge in [-0.1, -0.05) is 12.1 Å². The van der Waals surface area contributed by atoms with E-state index in [9.17, 15) is 13.2 Å². The van der Waals surface area contributed by atoms with E-state index in [1.807, 2.05) is 24.3 Å². The molecule has 3 rings (SSSR count). The second-order valence-electron chi connectivity index (χ2n) is 7.28. The number of anilines is 1. The van der Waals surface area contributed by atoms with Gasteiger partial charge in [0.2, 0.25) is 10.0 Å². The number of nitrogens with one attached hydrogen (secondary N) is 1. The first-order chi connectivity index (χ1) is 13.8. The minimum Gasteiger partial charge on any atom is -0.497 e. The molecule has 8 heteroatoms. The fourth-order valence-corrected chi connectivity index (χ4v) is 4.63. The van der Waals surface area contributed by atoms with Gasteiger partial charge in [-0.25, -0.2) is 13.1 Å². The molecule has 2 aromatic rings. The highest BCUT2D eigenvalue weighted by Gasteiger charge is 2.24. The van der Waals surface area contributed by atoms with Crippen LogP contribution in [0.1, 0.15) is 24.2 Å². The molecule has 1 aliphatic heterocycles. The molecule has 1 saturated heterocycles. The van der Waals surface area contributed by atoms with Crippen LogP contribution in [0.5, 0.6) is 5.75 Å². The molecule has 1 aliphatic rings. The van der Waals surface area contributed by atoms with E-state index in [0.29, 0.717) is 31.7 Å². The number of ether oxygens (including phenoxy) is 1. The minimum absolute atomic E-state index is 0.104. The van der Waals surface area contributed by atoms with Crippen molar-refractivity contribution in [3.63, 3.8) is 0 Å². The van der Waals surface area contributed by atoms with Crippen LogP contribution in [-0.2, 0) is 10.0 Å². The van der Waals surface area contributed by atoms with Crippen molar-refractivity contribution in [1.29, 1.82) is 0 Å². The number of rotatable bonds is 6. The molecular formula is C21H27N3O4S. The van der Waals surface area contributed by atoms with Gasteiger partial charge in [-0.3, -0.25) is 4.79 Å². The highest BCUT2D eigenvalue weighted by Crippen LogP contribution is 2.23. The Hall–Kier alpha value is -2.58. The maximum Gasteiger partial charge on any atom is 0.254 e. The molecule has 29 heavy (non-hydrogen) atoms. The van der Waals surface area contributed by atoms with Crippen LogP contribution in [0.4, 0.5) is 5.69 Å². The Kier molecular flexibility index (Phi) is 6.44. The van der Waals surface area contributed by atoms with Crippen LogP contribution in [0.25, 0.3) is 0 Å². The van der Waals surface area contributed by atoms with Crippen molar-refractivity contribution >= 4 is 21.6 Å². The number of benzene rings is 2. The summed E-state index contributed by atoms with van der Waals surface area (Å²) in [5.74, 6) is 0.644. The van der Waals surface area contributed by atoms with Crippen molar-refractivity contribution < 1.29 is 17.9 Å². The van der Waals surface area contributed by atoms with Crippen LogP contribution in [0.15, 0.2) is 53.4 Å². The lowest BCUT2D eigenvalue weighted by Crippen LogP contribution is -2.48. The maximum absolute atomic E-state index is 12.9. The van der Waals surface area contributed by atoms with Crippen LogP contribution >= 0.6 is 0 Å². The van der Waals surface area contributed by atoms with Crippen LogP contribution in [0.3, 0.4) is 0 Å². The van der Waals surface area contributed by atoms with Gasteiger partial charge in [0.05, 0.1) is 12.0 Å². The fraction of sp³-hybridized carbons (Fsp3) is 0.381. The normalized spacial score (nSPS) is 14.9. The molecule has 1 N–H and O–H groups in total. The maximum atomic E-state index is 12.9. The molecule has 1 fully saturated rings. The number of piperazine rings is 1. The lowest BCUT2D eigenvalue weighted by Gasteiger charge is -2.36. The molecule has 0 unspecified atom stereocenters. The van der Waals surface area contributed by atoms with Crippen LogP contribution in [-0.4, -0.2) is 58.6 Å². The van der Waals surface area contributed by atoms with Crippen molar-refractivity contribution in [3.8, 4) is 5.75 Å². The van der Waals surface area contributed by atoms with E-state index < -0.39 is 10.0 Å². The summed E-state index contributed by atoms with van der Waals surface area (Å²) in [7, 11) is -2.00. The quantitative estimate of drug-likeness (QED) is 0.781. The van der Waals surface area contributed by atoms with Crippen molar-refractivity contribution in [3.05, 3.63) is 54.1 Å². The van der Waals surface area contributed by atoms with Gasteiger partial charge >= 0.3 is 0 Å². The third-order valence-corrected chi connectivity index (χ3v) is 6.42. The topological polar surface area (TPSA) is 79.0 Å². The summed E-state index contributed by atoms with van der Waals surface area (Å²) in [6.45, 7) is 6.05. The highest BCUT2D eigenvalue weighted by molar-refractivity contribution is 7.89. The van der Waals surface area contributed by atoms with Gasteiger partial charge in [0.1, 0.15) is 5.75 Å². The molecule has 1 amide bonds. The number of hydrogen-bond acceptors (Lipinski definition) is 5. The summed E-state index contributed by atoms with van der Waals surface area (Å²) < 4.78 is 32.6. The second kappa shape index (κ2) is 8.84. The van der Waals surface area contributed by atoms with E-state index in [1.165, 1.54) is 12.1 Å². The number of nitrogens with zero attached hydrogens (tertiary/aromatic N) is 2. The largest absolute Gasteiger partial charge is 0.497 e. The molecule has 156 valence electrons. The predicted octanol–water partition coefficient (Wildman–Crippen LogP) is 2.34. The highest BCUT2D eigenvalue weighted by atomic mass is 32.2. The number of methoxy groups -OCH3 is 1. The molecule has 0 atom stereocenters. The monoisotopic (exact) mass is 417 g/mol. The summed E-state index contributed by atoms with van der Waals surface area (Å²) in [4.78, 5) is 17.0. The first-order valence-corrected chi connectivity index (χ1v) is 11.1. The molecule has 0 radical (unpaired) electrons. The Bertz CT molecular complexity index is 967. The van der Waals surface area contributed by atoms with E-state index in [4.69, 9.17) is 4.74 Å². The van der Waals surface area contributed by atoms with Gasteiger partial charge in [-0.15, -0.1) is 0 Å². The summed E-state index contributed by atoms with van der Waals surface area (Å²) in [6, 6.07) is 13.8. The van der Waals surface area contributed by atoms with Gasteiger partial charge < -0.3 is 14.5 Å². The second-order valence-corrected chi connectivity index (χ2v) is 9.00.